The minimum Gasteiger partial charge on any atom is -0.468 e. The Morgan fingerprint density at radius 3 is 2.55 bits per heavy atom. The number of hydrogen-bond acceptors (Lipinski definition) is 6. The van der Waals surface area contributed by atoms with Gasteiger partial charge in [-0.1, -0.05) is 36.1 Å². The number of thioether (sulfide) groups is 1. The van der Waals surface area contributed by atoms with E-state index in [1.54, 1.807) is 6.08 Å². The van der Waals surface area contributed by atoms with Crippen LogP contribution < -0.4 is 4.90 Å². The van der Waals surface area contributed by atoms with Crippen molar-refractivity contribution < 1.29 is 14.3 Å². The van der Waals surface area contributed by atoms with E-state index in [2.05, 4.69) is 4.74 Å². The molecule has 0 atom stereocenters. The van der Waals surface area contributed by atoms with Crippen LogP contribution in [0.15, 0.2) is 29.2 Å². The summed E-state index contributed by atoms with van der Waals surface area (Å²) in [4.78, 5) is 27.4. The topological polar surface area (TPSA) is 49.9 Å². The fourth-order valence-corrected chi connectivity index (χ4v) is 3.11. The molecule has 1 amide bonds. The van der Waals surface area contributed by atoms with E-state index < -0.39 is 5.97 Å². The molecule has 1 aromatic rings. The molecule has 5 nitrogen and oxygen atoms in total. The lowest BCUT2D eigenvalue weighted by atomic mass is 10.2. The molecule has 1 aromatic carbocycles. The summed E-state index contributed by atoms with van der Waals surface area (Å²) in [6.07, 6.45) is 1.77. The van der Waals surface area contributed by atoms with Crippen molar-refractivity contribution in [2.45, 2.75) is 0 Å². The highest BCUT2D eigenvalue weighted by molar-refractivity contribution is 8.26. The van der Waals surface area contributed by atoms with Crippen LogP contribution in [0.25, 0.3) is 6.08 Å². The van der Waals surface area contributed by atoms with Crippen molar-refractivity contribution in [3.63, 3.8) is 0 Å². The average molecular weight is 336 g/mol. The third-order valence-electron chi connectivity index (χ3n) is 3.10. The second-order valence-electron chi connectivity index (χ2n) is 4.83. The Morgan fingerprint density at radius 1 is 1.36 bits per heavy atom. The lowest BCUT2D eigenvalue weighted by molar-refractivity contribution is -0.143. The molecule has 0 bridgehead atoms. The smallest absolute Gasteiger partial charge is 0.325 e. The highest BCUT2D eigenvalue weighted by Gasteiger charge is 2.33. The van der Waals surface area contributed by atoms with E-state index in [-0.39, 0.29) is 12.5 Å². The molecular weight excluding hydrogens is 320 g/mol. The zero-order valence-corrected chi connectivity index (χ0v) is 14.2. The number of carbonyl (C=O) groups is 2. The minimum absolute atomic E-state index is 0.155. The number of nitrogens with zero attached hydrogens (tertiary/aromatic N) is 2. The van der Waals surface area contributed by atoms with Crippen LogP contribution in [0.1, 0.15) is 5.56 Å². The van der Waals surface area contributed by atoms with Crippen LogP contribution in [0.2, 0.25) is 0 Å². The van der Waals surface area contributed by atoms with Crippen molar-refractivity contribution in [1.29, 1.82) is 0 Å². The molecular formula is C15H16N2O3S2. The van der Waals surface area contributed by atoms with E-state index in [0.29, 0.717) is 9.23 Å². The number of methoxy groups -OCH3 is 1. The predicted octanol–water partition coefficient (Wildman–Crippen LogP) is 2.13. The highest BCUT2D eigenvalue weighted by Crippen LogP contribution is 2.32. The molecule has 0 spiro atoms. The van der Waals surface area contributed by atoms with Crippen LogP contribution in [0, 0.1) is 0 Å². The number of hydrogen-bond donors (Lipinski definition) is 0. The van der Waals surface area contributed by atoms with Crippen molar-refractivity contribution in [1.82, 2.24) is 4.90 Å². The molecule has 0 radical (unpaired) electrons. The van der Waals surface area contributed by atoms with Crippen molar-refractivity contribution >= 4 is 51.9 Å². The Bertz CT molecular complexity index is 639. The number of anilines is 1. The SMILES string of the molecule is COC(=O)CN1C(=O)/C(=C/c2ccc(N(C)C)cc2)SC1=S. The van der Waals surface area contributed by atoms with Gasteiger partial charge in [-0.25, -0.2) is 0 Å². The number of ether oxygens (including phenoxy) is 1. The van der Waals surface area contributed by atoms with Gasteiger partial charge in [-0.05, 0) is 23.8 Å². The van der Waals surface area contributed by atoms with Crippen LogP contribution in [-0.2, 0) is 14.3 Å². The summed E-state index contributed by atoms with van der Waals surface area (Å²) in [5.74, 6) is -0.759. The molecule has 0 aromatic heterocycles. The fraction of sp³-hybridized carbons (Fsp3) is 0.267. The third-order valence-corrected chi connectivity index (χ3v) is 4.47. The first-order chi connectivity index (χ1) is 10.4. The van der Waals surface area contributed by atoms with E-state index >= 15 is 0 Å². The highest BCUT2D eigenvalue weighted by atomic mass is 32.2. The van der Waals surface area contributed by atoms with E-state index in [1.807, 2.05) is 43.3 Å². The summed E-state index contributed by atoms with van der Waals surface area (Å²) < 4.78 is 4.94. The molecule has 1 saturated heterocycles. The molecule has 1 aliphatic rings. The Morgan fingerprint density at radius 2 is 2.00 bits per heavy atom. The number of thiocarbonyl (C=S) groups is 1. The van der Waals surface area contributed by atoms with Gasteiger partial charge >= 0.3 is 5.97 Å². The Balaban J connectivity index is 2.17. The summed E-state index contributed by atoms with van der Waals surface area (Å²) >= 11 is 6.34. The molecule has 0 N–H and O–H groups in total. The van der Waals surface area contributed by atoms with E-state index in [0.717, 1.165) is 11.3 Å². The summed E-state index contributed by atoms with van der Waals surface area (Å²) in [6, 6.07) is 7.81. The van der Waals surface area contributed by atoms with Gasteiger partial charge in [0.1, 0.15) is 10.9 Å². The molecule has 7 heteroatoms. The maximum absolute atomic E-state index is 12.3. The zero-order chi connectivity index (χ0) is 16.3. The quantitative estimate of drug-likeness (QED) is 0.477. The fourth-order valence-electron chi connectivity index (χ4n) is 1.85. The monoisotopic (exact) mass is 336 g/mol. The number of benzene rings is 1. The lowest BCUT2D eigenvalue weighted by Gasteiger charge is -2.12. The van der Waals surface area contributed by atoms with E-state index in [4.69, 9.17) is 12.2 Å². The number of esters is 1. The van der Waals surface area contributed by atoms with Gasteiger partial charge in [0.15, 0.2) is 0 Å². The molecule has 1 aliphatic heterocycles. The molecule has 0 saturated carbocycles. The standard InChI is InChI=1S/C15H16N2O3S2/c1-16(2)11-6-4-10(5-7-11)8-12-14(19)17(15(21)22-12)9-13(18)20-3/h4-8H,9H2,1-3H3/b12-8-. The predicted molar refractivity (Wildman–Crippen MR) is 92.7 cm³/mol. The normalized spacial score (nSPS) is 16.3. The van der Waals surface area contributed by atoms with Crippen LogP contribution in [-0.4, -0.2) is 48.8 Å². The van der Waals surface area contributed by atoms with Crippen molar-refractivity contribution in [3.05, 3.63) is 34.7 Å². The van der Waals surface area contributed by atoms with Crippen molar-refractivity contribution in [3.8, 4) is 0 Å². The van der Waals surface area contributed by atoms with E-state index in [9.17, 15) is 9.59 Å². The Kier molecular flexibility index (Phi) is 5.20. The van der Waals surface area contributed by atoms with Gasteiger partial charge in [0.25, 0.3) is 5.91 Å². The molecule has 1 fully saturated rings. The second-order valence-corrected chi connectivity index (χ2v) is 6.51. The molecule has 22 heavy (non-hydrogen) atoms. The summed E-state index contributed by atoms with van der Waals surface area (Å²) in [5, 5.41) is 0. The summed E-state index contributed by atoms with van der Waals surface area (Å²) in [5.41, 5.74) is 1.99. The van der Waals surface area contributed by atoms with Gasteiger partial charge in [-0.2, -0.15) is 0 Å². The Labute approximate surface area is 138 Å². The Hall–Kier alpha value is -1.86. The molecule has 1 heterocycles. The van der Waals surface area contributed by atoms with Crippen molar-refractivity contribution in [2.24, 2.45) is 0 Å². The number of rotatable bonds is 4. The number of amides is 1. The van der Waals surface area contributed by atoms with Gasteiger partial charge in [0, 0.05) is 19.8 Å². The molecule has 0 aliphatic carbocycles. The van der Waals surface area contributed by atoms with Gasteiger partial charge in [0.2, 0.25) is 0 Å². The van der Waals surface area contributed by atoms with Gasteiger partial charge in [-0.3, -0.25) is 14.5 Å². The van der Waals surface area contributed by atoms with Crippen LogP contribution in [0.3, 0.4) is 0 Å². The summed E-state index contributed by atoms with van der Waals surface area (Å²) in [7, 11) is 5.21. The van der Waals surface area contributed by atoms with Crippen molar-refractivity contribution in [2.75, 3.05) is 32.6 Å². The second kappa shape index (κ2) is 6.93. The largest absolute Gasteiger partial charge is 0.468 e. The van der Waals surface area contributed by atoms with E-state index in [1.165, 1.54) is 23.8 Å². The molecule has 116 valence electrons. The zero-order valence-electron chi connectivity index (χ0n) is 12.5. The molecule has 2 rings (SSSR count). The van der Waals surface area contributed by atoms with Gasteiger partial charge in [0.05, 0.1) is 12.0 Å². The van der Waals surface area contributed by atoms with Crippen LogP contribution in [0.4, 0.5) is 5.69 Å². The van der Waals surface area contributed by atoms with Crippen LogP contribution in [0.5, 0.6) is 0 Å². The lowest BCUT2D eigenvalue weighted by Crippen LogP contribution is -2.33. The first kappa shape index (κ1) is 16.5. The number of carbonyl (C=O) groups excluding carboxylic acids is 2. The first-order valence-corrected chi connectivity index (χ1v) is 7.74. The minimum atomic E-state index is -0.493. The maximum atomic E-state index is 12.3. The average Bonchev–Trinajstić information content (AvgIpc) is 2.75. The first-order valence-electron chi connectivity index (χ1n) is 6.52. The third kappa shape index (κ3) is 3.66. The molecule has 0 unspecified atom stereocenters. The van der Waals surface area contributed by atoms with Crippen LogP contribution >= 0.6 is 24.0 Å². The maximum Gasteiger partial charge on any atom is 0.325 e. The van der Waals surface area contributed by atoms with Gasteiger partial charge < -0.3 is 9.64 Å². The summed E-state index contributed by atoms with van der Waals surface area (Å²) in [6.45, 7) is -0.155. The van der Waals surface area contributed by atoms with Gasteiger partial charge in [-0.15, -0.1) is 0 Å².